The minimum Gasteiger partial charge on any atom is -0.396 e. The van der Waals surface area contributed by atoms with Gasteiger partial charge in [0.2, 0.25) is 15.8 Å². The van der Waals surface area contributed by atoms with Crippen molar-refractivity contribution in [1.29, 1.82) is 0 Å². The highest BCUT2D eigenvalue weighted by atomic mass is 32.2. The molecular formula is C11H13FN2O5S. The van der Waals surface area contributed by atoms with Gasteiger partial charge in [-0.3, -0.25) is 10.1 Å². The van der Waals surface area contributed by atoms with Crippen LogP contribution in [-0.2, 0) is 10.0 Å². The van der Waals surface area contributed by atoms with E-state index in [-0.39, 0.29) is 13.2 Å². The molecule has 2 rings (SSSR count). The lowest BCUT2D eigenvalue weighted by Crippen LogP contribution is -2.32. The molecule has 0 radical (unpaired) electrons. The molecule has 0 amide bonds. The fourth-order valence-corrected chi connectivity index (χ4v) is 3.12. The smallest absolute Gasteiger partial charge is 0.324 e. The number of aliphatic hydroxyl groups is 1. The fourth-order valence-electron chi connectivity index (χ4n) is 1.78. The van der Waals surface area contributed by atoms with E-state index in [9.17, 15) is 22.9 Å². The maximum absolute atomic E-state index is 13.4. The molecule has 0 spiro atoms. The minimum atomic E-state index is -4.20. The van der Waals surface area contributed by atoms with Crippen LogP contribution in [0, 0.1) is 21.3 Å². The van der Waals surface area contributed by atoms with Gasteiger partial charge in [0.15, 0.2) is 4.90 Å². The summed E-state index contributed by atoms with van der Waals surface area (Å²) in [4.78, 5) is 9.01. The van der Waals surface area contributed by atoms with Crippen molar-refractivity contribution in [2.45, 2.75) is 17.7 Å². The monoisotopic (exact) mass is 304 g/mol. The zero-order chi connectivity index (χ0) is 15.0. The summed E-state index contributed by atoms with van der Waals surface area (Å²) in [5, 5.41) is 19.9. The van der Waals surface area contributed by atoms with Crippen LogP contribution in [0.15, 0.2) is 23.1 Å². The number of rotatable bonds is 6. The number of hydrogen-bond acceptors (Lipinski definition) is 5. The molecule has 0 atom stereocenters. The van der Waals surface area contributed by atoms with Gasteiger partial charge in [-0.1, -0.05) is 6.07 Å². The first-order valence-corrected chi connectivity index (χ1v) is 7.33. The van der Waals surface area contributed by atoms with Crippen molar-refractivity contribution in [3.63, 3.8) is 0 Å². The molecule has 20 heavy (non-hydrogen) atoms. The van der Waals surface area contributed by atoms with Crippen LogP contribution in [0.4, 0.5) is 10.1 Å². The average Bonchev–Trinajstić information content (AvgIpc) is 3.16. The lowest BCUT2D eigenvalue weighted by atomic mass is 10.1. The van der Waals surface area contributed by atoms with Crippen LogP contribution in [0.3, 0.4) is 0 Å². The molecule has 1 aliphatic rings. The van der Waals surface area contributed by atoms with E-state index < -0.39 is 36.8 Å². The number of para-hydroxylation sites is 1. The Bertz CT molecular complexity index is 642. The van der Waals surface area contributed by atoms with Gasteiger partial charge >= 0.3 is 5.69 Å². The van der Waals surface area contributed by atoms with Crippen molar-refractivity contribution in [3.8, 4) is 0 Å². The van der Waals surface area contributed by atoms with Gasteiger partial charge in [-0.15, -0.1) is 0 Å². The largest absolute Gasteiger partial charge is 0.396 e. The fraction of sp³-hybridized carbons (Fsp3) is 0.455. The van der Waals surface area contributed by atoms with Crippen molar-refractivity contribution in [3.05, 3.63) is 34.1 Å². The van der Waals surface area contributed by atoms with Gasteiger partial charge in [-0.2, -0.15) is 4.39 Å². The van der Waals surface area contributed by atoms with E-state index in [1.807, 2.05) is 0 Å². The summed E-state index contributed by atoms with van der Waals surface area (Å²) in [5.41, 5.74) is -1.57. The van der Waals surface area contributed by atoms with Gasteiger partial charge in [-0.25, -0.2) is 13.1 Å². The normalized spacial score (nSPS) is 16.9. The van der Waals surface area contributed by atoms with Crippen molar-refractivity contribution >= 4 is 15.7 Å². The number of nitrogens with one attached hydrogen (secondary N) is 1. The Balaban J connectivity index is 2.30. The van der Waals surface area contributed by atoms with Gasteiger partial charge in [-0.05, 0) is 25.0 Å². The van der Waals surface area contributed by atoms with Crippen LogP contribution in [0.2, 0.25) is 0 Å². The number of nitrogens with zero attached hydrogens (tertiary/aromatic N) is 1. The molecule has 2 N–H and O–H groups in total. The van der Waals surface area contributed by atoms with Gasteiger partial charge in [0.05, 0.1) is 4.92 Å². The van der Waals surface area contributed by atoms with E-state index in [1.54, 1.807) is 0 Å². The molecular weight excluding hydrogens is 291 g/mol. The van der Waals surface area contributed by atoms with Crippen LogP contribution in [0.25, 0.3) is 0 Å². The number of nitro groups is 1. The first kappa shape index (κ1) is 14.8. The highest BCUT2D eigenvalue weighted by Crippen LogP contribution is 2.44. The Kier molecular flexibility index (Phi) is 3.76. The highest BCUT2D eigenvalue weighted by molar-refractivity contribution is 7.89. The third-order valence-electron chi connectivity index (χ3n) is 3.35. The molecule has 1 aromatic rings. The Morgan fingerprint density at radius 2 is 2.10 bits per heavy atom. The predicted molar refractivity (Wildman–Crippen MR) is 67.0 cm³/mol. The number of benzene rings is 1. The Hall–Kier alpha value is -1.58. The lowest BCUT2D eigenvalue weighted by Gasteiger charge is -2.13. The summed E-state index contributed by atoms with van der Waals surface area (Å²) in [5.74, 6) is -1.21. The van der Waals surface area contributed by atoms with Gasteiger partial charge in [0, 0.05) is 18.6 Å². The molecule has 110 valence electrons. The molecule has 7 nitrogen and oxygen atoms in total. The Labute approximate surface area is 114 Å². The molecule has 0 aromatic heterocycles. The minimum absolute atomic E-state index is 0.0283. The number of nitro benzene ring substituents is 1. The van der Waals surface area contributed by atoms with Gasteiger partial charge in [0.25, 0.3) is 0 Å². The van der Waals surface area contributed by atoms with Crippen molar-refractivity contribution < 1.29 is 22.8 Å². The number of hydrogen-bond donors (Lipinski definition) is 2. The lowest BCUT2D eigenvalue weighted by molar-refractivity contribution is -0.390. The summed E-state index contributed by atoms with van der Waals surface area (Å²) in [6.07, 6.45) is 1.36. The van der Waals surface area contributed by atoms with E-state index in [1.165, 1.54) is 0 Å². The van der Waals surface area contributed by atoms with Crippen LogP contribution in [0.1, 0.15) is 12.8 Å². The third kappa shape index (κ3) is 2.79. The first-order chi connectivity index (χ1) is 9.31. The molecule has 0 heterocycles. The molecule has 0 unspecified atom stereocenters. The molecule has 1 aromatic carbocycles. The van der Waals surface area contributed by atoms with Crippen LogP contribution in [-0.4, -0.2) is 31.6 Å². The molecule has 0 saturated heterocycles. The van der Waals surface area contributed by atoms with Crippen LogP contribution < -0.4 is 4.72 Å². The zero-order valence-corrected chi connectivity index (χ0v) is 11.2. The number of sulfonamides is 1. The third-order valence-corrected chi connectivity index (χ3v) is 4.78. The maximum Gasteiger partial charge on any atom is 0.324 e. The summed E-state index contributed by atoms with van der Waals surface area (Å²) in [6, 6.07) is 2.89. The van der Waals surface area contributed by atoms with Crippen LogP contribution >= 0.6 is 0 Å². The van der Waals surface area contributed by atoms with Crippen molar-refractivity contribution in [1.82, 2.24) is 4.72 Å². The summed E-state index contributed by atoms with van der Waals surface area (Å²) in [6.45, 7) is -0.194. The summed E-state index contributed by atoms with van der Waals surface area (Å²) < 4.78 is 39.7. The van der Waals surface area contributed by atoms with E-state index in [2.05, 4.69) is 4.72 Å². The molecule has 9 heteroatoms. The average molecular weight is 304 g/mol. The highest BCUT2D eigenvalue weighted by Gasteiger charge is 2.43. The Morgan fingerprint density at radius 1 is 1.45 bits per heavy atom. The molecule has 1 saturated carbocycles. The Morgan fingerprint density at radius 3 is 2.60 bits per heavy atom. The van der Waals surface area contributed by atoms with E-state index >= 15 is 0 Å². The second-order valence-electron chi connectivity index (χ2n) is 4.83. The molecule has 0 aliphatic heterocycles. The second kappa shape index (κ2) is 5.08. The zero-order valence-electron chi connectivity index (χ0n) is 10.4. The quantitative estimate of drug-likeness (QED) is 0.596. The van der Waals surface area contributed by atoms with E-state index in [4.69, 9.17) is 5.11 Å². The standard InChI is InChI=1S/C11H13FN2O5S/c12-8-2-1-3-9(10(8)14(16)17)20(18,19)13-6-11(7-15)4-5-11/h1-3,13,15H,4-7H2. The second-order valence-corrected chi connectivity index (χ2v) is 6.56. The predicted octanol–water partition coefficient (Wildman–Crippen LogP) is 0.785. The van der Waals surface area contributed by atoms with Gasteiger partial charge in [0.1, 0.15) is 0 Å². The van der Waals surface area contributed by atoms with Gasteiger partial charge < -0.3 is 5.11 Å². The SMILES string of the molecule is O=[N+]([O-])c1c(F)cccc1S(=O)(=O)NCC1(CO)CC1. The summed E-state index contributed by atoms with van der Waals surface area (Å²) in [7, 11) is -4.20. The van der Waals surface area contributed by atoms with Crippen molar-refractivity contribution in [2.75, 3.05) is 13.2 Å². The number of aliphatic hydroxyl groups excluding tert-OH is 1. The number of halogens is 1. The van der Waals surface area contributed by atoms with E-state index in [0.29, 0.717) is 12.8 Å². The van der Waals surface area contributed by atoms with Crippen LogP contribution in [0.5, 0.6) is 0 Å². The summed E-state index contributed by atoms with van der Waals surface area (Å²) >= 11 is 0. The molecule has 1 aliphatic carbocycles. The van der Waals surface area contributed by atoms with E-state index in [0.717, 1.165) is 18.2 Å². The topological polar surface area (TPSA) is 110 Å². The molecule has 0 bridgehead atoms. The molecule has 1 fully saturated rings. The maximum atomic E-state index is 13.4. The van der Waals surface area contributed by atoms with Crippen molar-refractivity contribution in [2.24, 2.45) is 5.41 Å². The first-order valence-electron chi connectivity index (χ1n) is 5.85.